The molecule has 0 aliphatic heterocycles. The number of hydrogen-bond donors (Lipinski definition) is 2. The molecule has 3 N–H and O–H groups in total. The van der Waals surface area contributed by atoms with Crippen molar-refractivity contribution in [3.63, 3.8) is 0 Å². The molecular formula is C27H20F2N4O2. The summed E-state index contributed by atoms with van der Waals surface area (Å²) in [5.41, 5.74) is 7.65. The SMILES string of the molecule is C#Cc1ccc(-c2ccccc2NC(=O)c2c(C(N)=O)cccc2-c2cn(C)nc2C(F)F)cc1. The molecule has 0 aliphatic carbocycles. The highest BCUT2D eigenvalue weighted by Gasteiger charge is 2.26. The molecule has 8 heteroatoms. The third-order valence-corrected chi connectivity index (χ3v) is 5.45. The molecule has 0 spiro atoms. The van der Waals surface area contributed by atoms with Gasteiger partial charge >= 0.3 is 0 Å². The number of benzene rings is 3. The van der Waals surface area contributed by atoms with Gasteiger partial charge in [0.15, 0.2) is 0 Å². The topological polar surface area (TPSA) is 90.0 Å². The quantitative estimate of drug-likeness (QED) is 0.388. The first-order chi connectivity index (χ1) is 16.8. The highest BCUT2D eigenvalue weighted by atomic mass is 19.3. The molecule has 174 valence electrons. The highest BCUT2D eigenvalue weighted by molar-refractivity contribution is 6.16. The van der Waals surface area contributed by atoms with Gasteiger partial charge in [-0.15, -0.1) is 6.42 Å². The summed E-state index contributed by atoms with van der Waals surface area (Å²) in [6.07, 6.45) is 3.92. The van der Waals surface area contributed by atoms with Crippen molar-refractivity contribution in [3.05, 3.63) is 95.3 Å². The van der Waals surface area contributed by atoms with Gasteiger partial charge in [-0.05, 0) is 35.4 Å². The van der Waals surface area contributed by atoms with Crippen LogP contribution in [0.1, 0.15) is 38.4 Å². The third kappa shape index (κ3) is 4.66. The van der Waals surface area contributed by atoms with E-state index in [2.05, 4.69) is 16.3 Å². The number of primary amides is 1. The minimum Gasteiger partial charge on any atom is -0.366 e. The number of aryl methyl sites for hydroxylation is 1. The van der Waals surface area contributed by atoms with Crippen LogP contribution in [0.25, 0.3) is 22.3 Å². The number of aromatic nitrogens is 2. The number of carbonyl (C=O) groups is 2. The zero-order valence-corrected chi connectivity index (χ0v) is 18.6. The van der Waals surface area contributed by atoms with Crippen molar-refractivity contribution in [1.29, 1.82) is 0 Å². The van der Waals surface area contributed by atoms with E-state index in [0.717, 1.165) is 5.56 Å². The minimum absolute atomic E-state index is 0.0360. The average Bonchev–Trinajstić information content (AvgIpc) is 3.26. The lowest BCUT2D eigenvalue weighted by atomic mass is 9.94. The van der Waals surface area contributed by atoms with E-state index in [1.165, 1.54) is 36.1 Å². The van der Waals surface area contributed by atoms with E-state index in [1.807, 2.05) is 24.3 Å². The molecule has 0 atom stereocenters. The molecule has 0 saturated heterocycles. The minimum atomic E-state index is -2.88. The molecule has 0 radical (unpaired) electrons. The first kappa shape index (κ1) is 23.4. The fraction of sp³-hybridized carbons (Fsp3) is 0.0741. The van der Waals surface area contributed by atoms with Gasteiger partial charge in [0.25, 0.3) is 12.3 Å². The number of rotatable bonds is 6. The summed E-state index contributed by atoms with van der Waals surface area (Å²) in [4.78, 5) is 25.7. The lowest BCUT2D eigenvalue weighted by Gasteiger charge is -2.16. The maximum atomic E-state index is 13.7. The van der Waals surface area contributed by atoms with E-state index in [-0.39, 0.29) is 22.3 Å². The van der Waals surface area contributed by atoms with Crippen molar-refractivity contribution >= 4 is 17.5 Å². The van der Waals surface area contributed by atoms with Crippen LogP contribution in [0.5, 0.6) is 0 Å². The first-order valence-corrected chi connectivity index (χ1v) is 10.5. The Morgan fingerprint density at radius 3 is 2.34 bits per heavy atom. The Labute approximate surface area is 200 Å². The highest BCUT2D eigenvalue weighted by Crippen LogP contribution is 2.35. The molecule has 35 heavy (non-hydrogen) atoms. The van der Waals surface area contributed by atoms with Crippen molar-refractivity contribution in [3.8, 4) is 34.6 Å². The van der Waals surface area contributed by atoms with E-state index in [4.69, 9.17) is 12.2 Å². The van der Waals surface area contributed by atoms with Gasteiger partial charge in [0, 0.05) is 35.6 Å². The van der Waals surface area contributed by atoms with Crippen LogP contribution in [-0.4, -0.2) is 21.6 Å². The van der Waals surface area contributed by atoms with Crippen LogP contribution in [0.3, 0.4) is 0 Å². The van der Waals surface area contributed by atoms with Crippen LogP contribution < -0.4 is 11.1 Å². The molecule has 0 fully saturated rings. The molecule has 1 heterocycles. The number of amides is 2. The number of halogens is 2. The number of nitrogens with two attached hydrogens (primary N) is 1. The zero-order valence-electron chi connectivity index (χ0n) is 18.6. The Morgan fingerprint density at radius 1 is 1.00 bits per heavy atom. The molecule has 4 rings (SSSR count). The van der Waals surface area contributed by atoms with Crippen molar-refractivity contribution < 1.29 is 18.4 Å². The van der Waals surface area contributed by atoms with Crippen LogP contribution >= 0.6 is 0 Å². The van der Waals surface area contributed by atoms with E-state index in [9.17, 15) is 18.4 Å². The predicted octanol–water partition coefficient (Wildman–Crippen LogP) is 5.02. The summed E-state index contributed by atoms with van der Waals surface area (Å²) in [5, 5.41) is 6.63. The average molecular weight is 470 g/mol. The van der Waals surface area contributed by atoms with Crippen molar-refractivity contribution in [2.75, 3.05) is 5.32 Å². The number of para-hydroxylation sites is 1. The Bertz CT molecular complexity index is 1470. The Balaban J connectivity index is 1.82. The van der Waals surface area contributed by atoms with Gasteiger partial charge in [0.2, 0.25) is 5.91 Å². The van der Waals surface area contributed by atoms with E-state index in [1.54, 1.807) is 24.3 Å². The van der Waals surface area contributed by atoms with Crippen LogP contribution in [-0.2, 0) is 7.05 Å². The Hall–Kier alpha value is -4.77. The Kier molecular flexibility index (Phi) is 6.42. The van der Waals surface area contributed by atoms with Crippen LogP contribution in [0.2, 0.25) is 0 Å². The fourth-order valence-corrected chi connectivity index (χ4v) is 3.88. The predicted molar refractivity (Wildman–Crippen MR) is 130 cm³/mol. The van der Waals surface area contributed by atoms with Crippen molar-refractivity contribution in [2.24, 2.45) is 12.8 Å². The molecule has 0 unspecified atom stereocenters. The smallest absolute Gasteiger partial charge is 0.282 e. The number of nitrogens with one attached hydrogen (secondary N) is 1. The van der Waals surface area contributed by atoms with Gasteiger partial charge in [-0.25, -0.2) is 8.78 Å². The molecular weight excluding hydrogens is 450 g/mol. The third-order valence-electron chi connectivity index (χ3n) is 5.45. The molecule has 3 aromatic carbocycles. The molecule has 0 bridgehead atoms. The van der Waals surface area contributed by atoms with E-state index < -0.39 is 23.9 Å². The maximum Gasteiger partial charge on any atom is 0.282 e. The summed E-state index contributed by atoms with van der Waals surface area (Å²) in [6, 6.07) is 18.6. The molecule has 2 amide bonds. The van der Waals surface area contributed by atoms with Crippen LogP contribution in [0.4, 0.5) is 14.5 Å². The lowest BCUT2D eigenvalue weighted by molar-refractivity contribution is 0.0977. The van der Waals surface area contributed by atoms with Gasteiger partial charge in [0.1, 0.15) is 5.69 Å². The number of alkyl halides is 2. The number of carbonyl (C=O) groups excluding carboxylic acids is 2. The first-order valence-electron chi connectivity index (χ1n) is 10.5. The second-order valence-corrected chi connectivity index (χ2v) is 7.72. The van der Waals surface area contributed by atoms with Gasteiger partial charge in [-0.2, -0.15) is 5.10 Å². The van der Waals surface area contributed by atoms with Gasteiger partial charge in [-0.1, -0.05) is 48.4 Å². The molecule has 1 aromatic heterocycles. The normalized spacial score (nSPS) is 10.7. The summed E-state index contributed by atoms with van der Waals surface area (Å²) in [5.74, 6) is 1.01. The van der Waals surface area contributed by atoms with E-state index >= 15 is 0 Å². The largest absolute Gasteiger partial charge is 0.366 e. The number of anilines is 1. The maximum absolute atomic E-state index is 13.7. The second kappa shape index (κ2) is 9.61. The summed E-state index contributed by atoms with van der Waals surface area (Å²) >= 11 is 0. The van der Waals surface area contributed by atoms with Crippen LogP contribution in [0.15, 0.2) is 72.9 Å². The van der Waals surface area contributed by atoms with E-state index in [0.29, 0.717) is 16.8 Å². The summed E-state index contributed by atoms with van der Waals surface area (Å²) in [6.45, 7) is 0. The van der Waals surface area contributed by atoms with Crippen LogP contribution in [0, 0.1) is 12.3 Å². The molecule has 0 aliphatic rings. The second-order valence-electron chi connectivity index (χ2n) is 7.72. The number of nitrogens with zero attached hydrogens (tertiary/aromatic N) is 2. The molecule has 4 aromatic rings. The van der Waals surface area contributed by atoms with Gasteiger partial charge < -0.3 is 11.1 Å². The number of terminal acetylenes is 1. The zero-order chi connectivity index (χ0) is 25.1. The van der Waals surface area contributed by atoms with Crippen molar-refractivity contribution in [2.45, 2.75) is 6.43 Å². The Morgan fingerprint density at radius 2 is 1.69 bits per heavy atom. The fourth-order valence-electron chi connectivity index (χ4n) is 3.88. The van der Waals surface area contributed by atoms with Gasteiger partial charge in [-0.3, -0.25) is 14.3 Å². The summed E-state index contributed by atoms with van der Waals surface area (Å²) in [7, 11) is 1.49. The van der Waals surface area contributed by atoms with Crippen molar-refractivity contribution in [1.82, 2.24) is 9.78 Å². The number of hydrogen-bond acceptors (Lipinski definition) is 3. The molecule has 6 nitrogen and oxygen atoms in total. The lowest BCUT2D eigenvalue weighted by Crippen LogP contribution is -2.21. The summed E-state index contributed by atoms with van der Waals surface area (Å²) < 4.78 is 28.6. The monoisotopic (exact) mass is 470 g/mol. The standard InChI is InChI=1S/C27H20F2N4O2/c1-3-16-11-13-17(14-12-16)18-7-4-5-10-22(18)31-27(35)23-19(8-6-9-20(23)26(30)34)21-15-33(2)32-24(21)25(28)29/h1,4-15,25H,2H3,(H2,30,34)(H,31,35). The molecule has 0 saturated carbocycles. The van der Waals surface area contributed by atoms with Gasteiger partial charge in [0.05, 0.1) is 11.1 Å².